The Labute approximate surface area is 230 Å². The van der Waals surface area contributed by atoms with Crippen molar-refractivity contribution in [1.29, 1.82) is 5.26 Å². The maximum atomic E-state index is 14.0. The van der Waals surface area contributed by atoms with Crippen molar-refractivity contribution in [2.45, 2.75) is 39.3 Å². The van der Waals surface area contributed by atoms with Gasteiger partial charge in [-0.3, -0.25) is 4.79 Å². The summed E-state index contributed by atoms with van der Waals surface area (Å²) in [6.45, 7) is 4.92. The minimum absolute atomic E-state index is 0.0833. The van der Waals surface area contributed by atoms with E-state index in [1.165, 1.54) is 18.5 Å². The topological polar surface area (TPSA) is 110 Å². The van der Waals surface area contributed by atoms with Gasteiger partial charge in [0.05, 0.1) is 11.4 Å². The largest absolute Gasteiger partial charge is 0.454 e. The molecular formula is C30H28F2N6O2. The quantitative estimate of drug-likeness (QED) is 0.232. The number of ether oxygens (including phenoxy) is 1. The van der Waals surface area contributed by atoms with Crippen LogP contribution in [0.15, 0.2) is 66.6 Å². The molecule has 2 aromatic heterocycles. The number of allylic oxidation sites excluding steroid dienone is 1. The van der Waals surface area contributed by atoms with Gasteiger partial charge in [-0.15, -0.1) is 0 Å². The Morgan fingerprint density at radius 3 is 2.73 bits per heavy atom. The second-order valence-corrected chi connectivity index (χ2v) is 10.1. The van der Waals surface area contributed by atoms with E-state index in [9.17, 15) is 18.8 Å². The Morgan fingerprint density at radius 2 is 2.00 bits per heavy atom. The monoisotopic (exact) mass is 542 g/mol. The van der Waals surface area contributed by atoms with Gasteiger partial charge in [0.1, 0.15) is 35.2 Å². The highest BCUT2D eigenvalue weighted by Gasteiger charge is 2.31. The Morgan fingerprint density at radius 1 is 1.23 bits per heavy atom. The molecule has 1 aliphatic rings. The molecule has 1 atom stereocenters. The van der Waals surface area contributed by atoms with Crippen LogP contribution in [0.4, 0.5) is 14.6 Å². The van der Waals surface area contributed by atoms with Gasteiger partial charge in [-0.2, -0.15) is 9.65 Å². The predicted octanol–water partition coefficient (Wildman–Crippen LogP) is 5.85. The van der Waals surface area contributed by atoms with E-state index in [1.807, 2.05) is 24.6 Å². The number of anilines is 1. The fourth-order valence-corrected chi connectivity index (χ4v) is 5.06. The van der Waals surface area contributed by atoms with E-state index < -0.39 is 11.6 Å². The molecule has 3 heterocycles. The van der Waals surface area contributed by atoms with Crippen LogP contribution in [0.1, 0.15) is 26.7 Å². The van der Waals surface area contributed by atoms with E-state index in [4.69, 9.17) is 10.5 Å². The number of nitrogen functional groups attached to an aromatic ring is 1. The van der Waals surface area contributed by atoms with Gasteiger partial charge in [-0.25, -0.2) is 14.4 Å². The van der Waals surface area contributed by atoms with Crippen LogP contribution < -0.4 is 10.5 Å². The molecule has 1 amide bonds. The first-order valence-electron chi connectivity index (χ1n) is 13.0. The van der Waals surface area contributed by atoms with Gasteiger partial charge in [-0.1, -0.05) is 38.1 Å². The summed E-state index contributed by atoms with van der Waals surface area (Å²) in [5.41, 5.74) is 8.65. The first kappa shape index (κ1) is 26.8. The molecule has 10 heteroatoms. The third-order valence-electron chi connectivity index (χ3n) is 6.89. The van der Waals surface area contributed by atoms with Crippen molar-refractivity contribution in [3.8, 4) is 28.7 Å². The molecule has 2 N–H and O–H groups in total. The first-order chi connectivity index (χ1) is 19.3. The van der Waals surface area contributed by atoms with Crippen molar-refractivity contribution in [2.24, 2.45) is 5.92 Å². The van der Waals surface area contributed by atoms with Crippen LogP contribution in [0, 0.1) is 28.9 Å². The number of nitrogens with zero attached hydrogens (tertiary/aromatic N) is 5. The second-order valence-electron chi connectivity index (χ2n) is 10.1. The number of rotatable bonds is 7. The van der Waals surface area contributed by atoms with E-state index in [1.54, 1.807) is 35.2 Å². The van der Waals surface area contributed by atoms with E-state index in [0.717, 1.165) is 30.0 Å². The number of benzene rings is 2. The van der Waals surface area contributed by atoms with Gasteiger partial charge in [0, 0.05) is 24.8 Å². The third kappa shape index (κ3) is 5.23. The third-order valence-corrected chi connectivity index (χ3v) is 6.89. The normalized spacial score (nSPS) is 15.6. The average Bonchev–Trinajstić information content (AvgIpc) is 3.56. The van der Waals surface area contributed by atoms with Crippen LogP contribution >= 0.6 is 0 Å². The molecule has 0 spiro atoms. The van der Waals surface area contributed by atoms with Crippen LogP contribution in [-0.4, -0.2) is 37.9 Å². The molecule has 4 aromatic rings. The molecule has 1 aliphatic heterocycles. The minimum atomic E-state index is -1.06. The van der Waals surface area contributed by atoms with Gasteiger partial charge in [0.15, 0.2) is 11.6 Å². The van der Waals surface area contributed by atoms with Crippen LogP contribution in [-0.2, 0) is 11.3 Å². The molecule has 1 saturated heterocycles. The Bertz CT molecular complexity index is 1640. The Kier molecular flexibility index (Phi) is 7.47. The fraction of sp³-hybridized carbons (Fsp3) is 0.267. The predicted molar refractivity (Wildman–Crippen MR) is 147 cm³/mol. The van der Waals surface area contributed by atoms with Crippen molar-refractivity contribution >= 4 is 22.8 Å². The lowest BCUT2D eigenvalue weighted by Crippen LogP contribution is -2.38. The van der Waals surface area contributed by atoms with Crippen LogP contribution in [0.25, 0.3) is 22.2 Å². The molecule has 5 rings (SSSR count). The number of nitrogens with two attached hydrogens (primary N) is 1. The Hall–Kier alpha value is -4.78. The van der Waals surface area contributed by atoms with E-state index in [0.29, 0.717) is 35.7 Å². The fourth-order valence-electron chi connectivity index (χ4n) is 5.06. The van der Waals surface area contributed by atoms with Crippen molar-refractivity contribution in [3.05, 3.63) is 78.3 Å². The Balaban J connectivity index is 1.44. The van der Waals surface area contributed by atoms with E-state index in [2.05, 4.69) is 16.0 Å². The number of carbonyl (C=O) groups excluding carboxylic acids is 1. The van der Waals surface area contributed by atoms with Crippen molar-refractivity contribution in [3.63, 3.8) is 0 Å². The van der Waals surface area contributed by atoms with E-state index >= 15 is 0 Å². The lowest BCUT2D eigenvalue weighted by molar-refractivity contribution is -0.127. The zero-order valence-corrected chi connectivity index (χ0v) is 22.1. The molecule has 0 aliphatic carbocycles. The van der Waals surface area contributed by atoms with Crippen LogP contribution in [0.2, 0.25) is 0 Å². The van der Waals surface area contributed by atoms with Gasteiger partial charge < -0.3 is 19.9 Å². The highest BCUT2D eigenvalue weighted by Crippen LogP contribution is 2.35. The number of carbonyl (C=O) groups is 1. The number of aromatic nitrogens is 3. The molecule has 2 aromatic carbocycles. The molecule has 40 heavy (non-hydrogen) atoms. The molecule has 1 fully saturated rings. The standard InChI is InChI=1S/C30H28F2N6O2/c1-18(2)13-20(14-33)30(39)38-12-4-5-21(38)15-37-16-23(26-28(34)35-17-36-29(26)37)19-8-10-22(11-9-19)40-25-7-3-6-24(31)27(25)32/h3,6-11,13,16-18,21H,4-5,12,15H2,1-2H3,(H2,34,35,36)/t21-/m0/s1. The number of hydrogen-bond donors (Lipinski definition) is 1. The number of nitriles is 1. The highest BCUT2D eigenvalue weighted by atomic mass is 19.2. The van der Waals surface area contributed by atoms with Gasteiger partial charge >= 0.3 is 0 Å². The highest BCUT2D eigenvalue weighted by molar-refractivity contribution is 6.01. The summed E-state index contributed by atoms with van der Waals surface area (Å²) in [5.74, 6) is -1.77. The van der Waals surface area contributed by atoms with Gasteiger partial charge in [0.25, 0.3) is 5.91 Å². The lowest BCUT2D eigenvalue weighted by Gasteiger charge is -2.25. The first-order valence-corrected chi connectivity index (χ1v) is 13.0. The molecule has 0 radical (unpaired) electrons. The summed E-state index contributed by atoms with van der Waals surface area (Å²) < 4.78 is 35.1. The number of amides is 1. The minimum Gasteiger partial charge on any atom is -0.454 e. The van der Waals surface area contributed by atoms with Crippen LogP contribution in [0.5, 0.6) is 11.5 Å². The summed E-state index contributed by atoms with van der Waals surface area (Å²) in [6.07, 6.45) is 6.66. The molecular weight excluding hydrogens is 514 g/mol. The molecule has 0 bridgehead atoms. The molecule has 204 valence electrons. The zero-order chi connectivity index (χ0) is 28.4. The van der Waals surface area contributed by atoms with Crippen molar-refractivity contribution in [2.75, 3.05) is 12.3 Å². The van der Waals surface area contributed by atoms with Gasteiger partial charge in [0.2, 0.25) is 5.82 Å². The van der Waals surface area contributed by atoms with Crippen molar-refractivity contribution < 1.29 is 18.3 Å². The van der Waals surface area contributed by atoms with Gasteiger partial charge in [-0.05, 0) is 48.6 Å². The zero-order valence-electron chi connectivity index (χ0n) is 22.1. The molecule has 0 unspecified atom stereocenters. The smallest absolute Gasteiger partial charge is 0.264 e. The van der Waals surface area contributed by atoms with Crippen LogP contribution in [0.3, 0.4) is 0 Å². The summed E-state index contributed by atoms with van der Waals surface area (Å²) >= 11 is 0. The number of halogens is 2. The summed E-state index contributed by atoms with van der Waals surface area (Å²) in [7, 11) is 0. The lowest BCUT2D eigenvalue weighted by atomic mass is 10.1. The number of fused-ring (bicyclic) bond motifs is 1. The molecule has 0 saturated carbocycles. The summed E-state index contributed by atoms with van der Waals surface area (Å²) in [6, 6.07) is 12.6. The maximum Gasteiger partial charge on any atom is 0.264 e. The second kappa shape index (κ2) is 11.1. The van der Waals surface area contributed by atoms with Crippen molar-refractivity contribution in [1.82, 2.24) is 19.4 Å². The number of likely N-dealkylation sites (tertiary alicyclic amines) is 1. The maximum absolute atomic E-state index is 14.0. The SMILES string of the molecule is CC(C)C=C(C#N)C(=O)N1CCC[C@H]1Cn1cc(-c2ccc(Oc3cccc(F)c3F)cc2)c2c(N)ncnc21. The molecule has 8 nitrogen and oxygen atoms in total. The average molecular weight is 543 g/mol. The summed E-state index contributed by atoms with van der Waals surface area (Å²) in [5, 5.41) is 10.2. The summed E-state index contributed by atoms with van der Waals surface area (Å²) in [4.78, 5) is 23.6. The number of hydrogen-bond acceptors (Lipinski definition) is 6. The van der Waals surface area contributed by atoms with E-state index in [-0.39, 0.29) is 29.2 Å².